The van der Waals surface area contributed by atoms with Gasteiger partial charge in [0, 0.05) is 6.54 Å². The van der Waals surface area contributed by atoms with E-state index >= 15 is 0 Å². The molecule has 0 aliphatic carbocycles. The van der Waals surface area contributed by atoms with Crippen molar-refractivity contribution in [1.82, 2.24) is 0 Å². The van der Waals surface area contributed by atoms with Crippen LogP contribution >= 0.6 is 0 Å². The zero-order chi connectivity index (χ0) is 15.2. The van der Waals surface area contributed by atoms with Gasteiger partial charge in [0.1, 0.15) is 24.0 Å². The molecule has 1 atom stereocenters. The van der Waals surface area contributed by atoms with Crippen molar-refractivity contribution in [3.05, 3.63) is 59.7 Å². The molecule has 2 N–H and O–H groups in total. The van der Waals surface area contributed by atoms with Crippen LogP contribution in [0.5, 0.6) is 5.75 Å². The van der Waals surface area contributed by atoms with Gasteiger partial charge < -0.3 is 10.5 Å². The molecule has 2 aromatic carbocycles. The van der Waals surface area contributed by atoms with Crippen LogP contribution < -0.4 is 10.5 Å². The Labute approximate surface area is 124 Å². The Bertz CT molecular complexity index is 632. The topological polar surface area (TPSA) is 52.3 Å². The minimum atomic E-state index is -1.64. The first-order chi connectivity index (χ1) is 10.1. The minimum Gasteiger partial charge on any atom is -0.493 e. The van der Waals surface area contributed by atoms with E-state index in [1.807, 2.05) is 12.1 Å². The highest BCUT2D eigenvalue weighted by atomic mass is 32.2. The third-order valence-electron chi connectivity index (χ3n) is 2.84. The Morgan fingerprint density at radius 3 is 2.48 bits per heavy atom. The molecule has 0 aliphatic heterocycles. The van der Waals surface area contributed by atoms with Gasteiger partial charge in [0.05, 0.1) is 21.4 Å². The normalized spacial score (nSPS) is 12.1. The van der Waals surface area contributed by atoms with Crippen LogP contribution in [0.1, 0.15) is 5.56 Å². The standard InChI is InChI=1S/C15H15F2NO2S/c16-12-3-6-14(17)15(9-12)21(19)8-7-20-13-4-1-11(10-18)2-5-13/h1-6,9H,7-8,10,18H2. The number of nitrogens with two attached hydrogens (primary N) is 1. The van der Waals surface area contributed by atoms with E-state index in [0.717, 1.165) is 23.8 Å². The summed E-state index contributed by atoms with van der Waals surface area (Å²) in [5, 5.41) is 0. The lowest BCUT2D eigenvalue weighted by molar-refractivity contribution is 0.342. The lowest BCUT2D eigenvalue weighted by Gasteiger charge is -2.07. The largest absolute Gasteiger partial charge is 0.493 e. The summed E-state index contributed by atoms with van der Waals surface area (Å²) in [5.41, 5.74) is 6.46. The van der Waals surface area contributed by atoms with Crippen molar-refractivity contribution in [2.24, 2.45) is 5.73 Å². The molecule has 0 amide bonds. The maximum absolute atomic E-state index is 13.4. The molecule has 1 unspecified atom stereocenters. The number of hydrogen-bond acceptors (Lipinski definition) is 3. The highest BCUT2D eigenvalue weighted by Gasteiger charge is 2.11. The van der Waals surface area contributed by atoms with Crippen LogP contribution in [-0.2, 0) is 17.3 Å². The summed E-state index contributed by atoms with van der Waals surface area (Å²) in [6.45, 7) is 0.591. The summed E-state index contributed by atoms with van der Waals surface area (Å²) in [4.78, 5) is -0.142. The quantitative estimate of drug-likeness (QED) is 0.892. The van der Waals surface area contributed by atoms with Gasteiger partial charge in [-0.2, -0.15) is 0 Å². The Morgan fingerprint density at radius 1 is 1.10 bits per heavy atom. The second-order valence-corrected chi connectivity index (χ2v) is 5.86. The van der Waals surface area contributed by atoms with Crippen LogP contribution in [0, 0.1) is 11.6 Å². The predicted octanol–water partition coefficient (Wildman–Crippen LogP) is 2.61. The molecular formula is C15H15F2NO2S. The van der Waals surface area contributed by atoms with Gasteiger partial charge >= 0.3 is 0 Å². The van der Waals surface area contributed by atoms with E-state index in [-0.39, 0.29) is 17.3 Å². The SMILES string of the molecule is NCc1ccc(OCCS(=O)c2cc(F)ccc2F)cc1. The van der Waals surface area contributed by atoms with Gasteiger partial charge in [0.25, 0.3) is 0 Å². The van der Waals surface area contributed by atoms with E-state index in [2.05, 4.69) is 0 Å². The first-order valence-corrected chi connectivity index (χ1v) is 7.67. The molecule has 21 heavy (non-hydrogen) atoms. The number of ether oxygens (including phenoxy) is 1. The van der Waals surface area contributed by atoms with Crippen molar-refractivity contribution in [1.29, 1.82) is 0 Å². The van der Waals surface area contributed by atoms with Gasteiger partial charge in [0.2, 0.25) is 0 Å². The Hall–Kier alpha value is -1.79. The van der Waals surface area contributed by atoms with Crippen LogP contribution in [0.4, 0.5) is 8.78 Å². The molecule has 0 saturated carbocycles. The summed E-state index contributed by atoms with van der Waals surface area (Å²) < 4.78 is 43.8. The minimum absolute atomic E-state index is 0.0824. The molecule has 0 aliphatic rings. The average molecular weight is 311 g/mol. The van der Waals surface area contributed by atoms with Gasteiger partial charge in [-0.15, -0.1) is 0 Å². The van der Waals surface area contributed by atoms with E-state index in [0.29, 0.717) is 12.3 Å². The fraction of sp³-hybridized carbons (Fsp3) is 0.200. The summed E-state index contributed by atoms with van der Waals surface area (Å²) in [6, 6.07) is 10.1. The molecule has 2 aromatic rings. The highest BCUT2D eigenvalue weighted by molar-refractivity contribution is 7.85. The molecule has 112 valence electrons. The molecule has 0 saturated heterocycles. The van der Waals surface area contributed by atoms with Crippen molar-refractivity contribution in [2.45, 2.75) is 11.4 Å². The number of benzene rings is 2. The third kappa shape index (κ3) is 4.34. The van der Waals surface area contributed by atoms with E-state index in [1.54, 1.807) is 12.1 Å². The highest BCUT2D eigenvalue weighted by Crippen LogP contribution is 2.15. The summed E-state index contributed by atoms with van der Waals surface area (Å²) in [7, 11) is -1.64. The summed E-state index contributed by atoms with van der Waals surface area (Å²) in [6.07, 6.45) is 0. The Balaban J connectivity index is 1.90. The smallest absolute Gasteiger partial charge is 0.139 e. The van der Waals surface area contributed by atoms with Gasteiger partial charge in [-0.1, -0.05) is 12.1 Å². The average Bonchev–Trinajstić information content (AvgIpc) is 2.50. The fourth-order valence-corrected chi connectivity index (χ4v) is 2.70. The molecule has 0 bridgehead atoms. The first kappa shape index (κ1) is 15.6. The van der Waals surface area contributed by atoms with Crippen molar-refractivity contribution in [2.75, 3.05) is 12.4 Å². The zero-order valence-corrected chi connectivity index (χ0v) is 12.0. The van der Waals surface area contributed by atoms with E-state index in [9.17, 15) is 13.0 Å². The molecule has 3 nitrogen and oxygen atoms in total. The van der Waals surface area contributed by atoms with Gasteiger partial charge in [-0.05, 0) is 35.9 Å². The number of halogens is 2. The van der Waals surface area contributed by atoms with Gasteiger partial charge in [-0.25, -0.2) is 8.78 Å². The van der Waals surface area contributed by atoms with Gasteiger partial charge in [-0.3, -0.25) is 4.21 Å². The second-order valence-electron chi connectivity index (χ2n) is 4.32. The monoisotopic (exact) mass is 311 g/mol. The molecule has 6 heteroatoms. The fourth-order valence-electron chi connectivity index (χ4n) is 1.72. The molecular weight excluding hydrogens is 296 g/mol. The van der Waals surface area contributed by atoms with E-state index < -0.39 is 22.4 Å². The second kappa shape index (κ2) is 7.28. The Morgan fingerprint density at radius 2 is 1.81 bits per heavy atom. The number of hydrogen-bond donors (Lipinski definition) is 1. The first-order valence-electron chi connectivity index (χ1n) is 6.35. The molecule has 0 fully saturated rings. The molecule has 2 rings (SSSR count). The summed E-state index contributed by atoms with van der Waals surface area (Å²) in [5.74, 6) is -0.595. The van der Waals surface area contributed by atoms with Crippen molar-refractivity contribution < 1.29 is 17.7 Å². The zero-order valence-electron chi connectivity index (χ0n) is 11.2. The lowest BCUT2D eigenvalue weighted by atomic mass is 10.2. The third-order valence-corrected chi connectivity index (χ3v) is 4.18. The molecule has 0 heterocycles. The van der Waals surface area contributed by atoms with Crippen LogP contribution in [0.2, 0.25) is 0 Å². The number of rotatable bonds is 6. The Kier molecular flexibility index (Phi) is 5.41. The van der Waals surface area contributed by atoms with E-state index in [1.165, 1.54) is 0 Å². The molecule has 0 spiro atoms. The predicted molar refractivity (Wildman–Crippen MR) is 77.5 cm³/mol. The molecule has 0 radical (unpaired) electrons. The van der Waals surface area contributed by atoms with Crippen molar-refractivity contribution in [3.8, 4) is 5.75 Å². The van der Waals surface area contributed by atoms with Gasteiger partial charge in [0.15, 0.2) is 0 Å². The van der Waals surface area contributed by atoms with Crippen LogP contribution in [0.15, 0.2) is 47.4 Å². The van der Waals surface area contributed by atoms with E-state index in [4.69, 9.17) is 10.5 Å². The van der Waals surface area contributed by atoms with Crippen LogP contribution in [0.25, 0.3) is 0 Å². The lowest BCUT2D eigenvalue weighted by Crippen LogP contribution is -2.10. The van der Waals surface area contributed by atoms with Crippen molar-refractivity contribution in [3.63, 3.8) is 0 Å². The van der Waals surface area contributed by atoms with Crippen LogP contribution in [0.3, 0.4) is 0 Å². The van der Waals surface area contributed by atoms with Crippen molar-refractivity contribution >= 4 is 10.8 Å². The molecule has 0 aromatic heterocycles. The maximum Gasteiger partial charge on any atom is 0.139 e. The maximum atomic E-state index is 13.4. The van der Waals surface area contributed by atoms with Crippen LogP contribution in [-0.4, -0.2) is 16.6 Å². The summed E-state index contributed by atoms with van der Waals surface area (Å²) >= 11 is 0.